The number of anilines is 1. The summed E-state index contributed by atoms with van der Waals surface area (Å²) < 4.78 is 0. The van der Waals surface area contributed by atoms with Gasteiger partial charge in [0, 0.05) is 0 Å². The van der Waals surface area contributed by atoms with Crippen molar-refractivity contribution >= 4 is 23.7 Å². The minimum Gasteiger partial charge on any atom is -0.275 e. The van der Waals surface area contributed by atoms with Crippen LogP contribution < -0.4 is 15.8 Å². The third-order valence-corrected chi connectivity index (χ3v) is 2.33. The van der Waals surface area contributed by atoms with E-state index in [9.17, 15) is 9.59 Å². The third-order valence-electron chi connectivity index (χ3n) is 2.33. The number of carbonyl (C=O) groups excluding carboxylic acids is 2. The van der Waals surface area contributed by atoms with Crippen molar-refractivity contribution < 1.29 is 9.59 Å². The molecule has 1 aliphatic heterocycles. The first-order valence-corrected chi connectivity index (χ1v) is 5.30. The van der Waals surface area contributed by atoms with Crippen molar-refractivity contribution in [2.75, 3.05) is 11.6 Å². The lowest BCUT2D eigenvalue weighted by Gasteiger charge is -2.28. The van der Waals surface area contributed by atoms with E-state index in [1.807, 2.05) is 43.3 Å². The molecule has 3 amide bonds. The number of hydrogen-bond acceptors (Lipinski definition) is 3. The molecule has 1 aromatic rings. The summed E-state index contributed by atoms with van der Waals surface area (Å²) in [5, 5.41) is 3.70. The summed E-state index contributed by atoms with van der Waals surface area (Å²) in [6.07, 6.45) is 3.88. The van der Waals surface area contributed by atoms with E-state index in [1.54, 1.807) is 0 Å². The van der Waals surface area contributed by atoms with E-state index in [1.165, 1.54) is 5.01 Å². The normalized spacial score (nSPS) is 15.9. The van der Waals surface area contributed by atoms with Crippen LogP contribution >= 0.6 is 0 Å². The Morgan fingerprint density at radius 2 is 2.18 bits per heavy atom. The Balaban J connectivity index is 2.24. The molecule has 17 heavy (non-hydrogen) atoms. The zero-order valence-corrected chi connectivity index (χ0v) is 9.43. The number of nitrogens with zero attached hydrogens (tertiary/aromatic N) is 1. The number of allylic oxidation sites excluding steroid dienone is 1. The summed E-state index contributed by atoms with van der Waals surface area (Å²) in [6.45, 7) is 2.05. The number of nitrogens with one attached hydrogen (secondary N) is 2. The van der Waals surface area contributed by atoms with Gasteiger partial charge in [-0.15, -0.1) is 0 Å². The van der Waals surface area contributed by atoms with Crippen LogP contribution in [-0.4, -0.2) is 18.5 Å². The van der Waals surface area contributed by atoms with Gasteiger partial charge in [0.2, 0.25) is 5.91 Å². The van der Waals surface area contributed by atoms with Crippen LogP contribution in [0, 0.1) is 0 Å². The Labute approximate surface area is 99.1 Å². The van der Waals surface area contributed by atoms with E-state index in [4.69, 9.17) is 0 Å². The summed E-state index contributed by atoms with van der Waals surface area (Å²) in [5.41, 5.74) is 4.37. The van der Waals surface area contributed by atoms with Crippen LogP contribution in [0.5, 0.6) is 0 Å². The van der Waals surface area contributed by atoms with Crippen molar-refractivity contribution in [1.29, 1.82) is 0 Å². The lowest BCUT2D eigenvalue weighted by Crippen LogP contribution is -2.59. The Morgan fingerprint density at radius 1 is 1.35 bits per heavy atom. The number of hydrazine groups is 1. The lowest BCUT2D eigenvalue weighted by molar-refractivity contribution is -0.119. The molecule has 0 atom stereocenters. The van der Waals surface area contributed by atoms with Crippen LogP contribution in [-0.2, 0) is 4.79 Å². The molecule has 1 fully saturated rings. The molecule has 5 heteroatoms. The molecule has 2 rings (SSSR count). The number of rotatable bonds is 2. The molecule has 1 aromatic carbocycles. The van der Waals surface area contributed by atoms with Crippen LogP contribution in [0.15, 0.2) is 30.3 Å². The molecule has 0 aliphatic carbocycles. The van der Waals surface area contributed by atoms with Gasteiger partial charge in [-0.1, -0.05) is 24.3 Å². The highest BCUT2D eigenvalue weighted by Crippen LogP contribution is 2.16. The fourth-order valence-corrected chi connectivity index (χ4v) is 1.64. The molecule has 88 valence electrons. The molecule has 0 unspecified atom stereocenters. The van der Waals surface area contributed by atoms with E-state index in [2.05, 4.69) is 10.7 Å². The van der Waals surface area contributed by atoms with Gasteiger partial charge < -0.3 is 0 Å². The minimum atomic E-state index is -0.502. The predicted molar refractivity (Wildman–Crippen MR) is 65.2 cm³/mol. The summed E-state index contributed by atoms with van der Waals surface area (Å²) in [5.74, 6) is -0.315. The third kappa shape index (κ3) is 2.63. The van der Waals surface area contributed by atoms with Crippen molar-refractivity contribution in [1.82, 2.24) is 10.7 Å². The van der Waals surface area contributed by atoms with E-state index >= 15 is 0 Å². The van der Waals surface area contributed by atoms with Gasteiger partial charge in [0.1, 0.15) is 6.54 Å². The SMILES string of the molecule is CC=Cc1cccc(N2CC(=O)NC(=O)N2)c1. The number of hydrogen-bond donors (Lipinski definition) is 2. The van der Waals surface area contributed by atoms with Crippen LogP contribution in [0.25, 0.3) is 6.08 Å². The van der Waals surface area contributed by atoms with Crippen LogP contribution in [0.1, 0.15) is 12.5 Å². The highest BCUT2D eigenvalue weighted by atomic mass is 16.2. The topological polar surface area (TPSA) is 61.4 Å². The smallest absolute Gasteiger partial charge is 0.275 e. The molecule has 0 bridgehead atoms. The van der Waals surface area contributed by atoms with Crippen LogP contribution in [0.4, 0.5) is 10.5 Å². The molecule has 2 N–H and O–H groups in total. The number of benzene rings is 1. The van der Waals surface area contributed by atoms with Gasteiger partial charge in [-0.2, -0.15) is 0 Å². The fourth-order valence-electron chi connectivity index (χ4n) is 1.64. The Bertz CT molecular complexity index is 466. The van der Waals surface area contributed by atoms with Crippen LogP contribution in [0.2, 0.25) is 0 Å². The maximum Gasteiger partial charge on any atom is 0.340 e. The molecule has 0 spiro atoms. The van der Waals surface area contributed by atoms with Crippen molar-refractivity contribution in [3.05, 3.63) is 35.9 Å². The van der Waals surface area contributed by atoms with Crippen molar-refractivity contribution in [3.63, 3.8) is 0 Å². The molecule has 1 aliphatic rings. The van der Waals surface area contributed by atoms with Gasteiger partial charge in [0.15, 0.2) is 0 Å². The maximum atomic E-state index is 11.2. The summed E-state index contributed by atoms with van der Waals surface area (Å²) in [7, 11) is 0. The van der Waals surface area contributed by atoms with Gasteiger partial charge >= 0.3 is 6.03 Å². The summed E-state index contributed by atoms with van der Waals surface area (Å²) in [6, 6.07) is 7.07. The Hall–Kier alpha value is -2.30. The minimum absolute atomic E-state index is 0.116. The average Bonchev–Trinajstić information content (AvgIpc) is 2.28. The van der Waals surface area contributed by atoms with Crippen molar-refractivity contribution in [2.45, 2.75) is 6.92 Å². The highest BCUT2D eigenvalue weighted by Gasteiger charge is 2.21. The van der Waals surface area contributed by atoms with E-state index in [-0.39, 0.29) is 12.5 Å². The molecule has 1 saturated heterocycles. The van der Waals surface area contributed by atoms with Gasteiger partial charge in [-0.05, 0) is 24.6 Å². The molecule has 0 saturated carbocycles. The summed E-state index contributed by atoms with van der Waals surface area (Å²) in [4.78, 5) is 22.4. The standard InChI is InChI=1S/C12H13N3O2/c1-2-4-9-5-3-6-10(7-9)15-8-11(16)13-12(17)14-15/h2-7H,8H2,1H3,(H2,13,14,16,17). The largest absolute Gasteiger partial charge is 0.340 e. The Morgan fingerprint density at radius 3 is 2.88 bits per heavy atom. The maximum absolute atomic E-state index is 11.2. The predicted octanol–water partition coefficient (Wildman–Crippen LogP) is 1.28. The second-order valence-electron chi connectivity index (χ2n) is 3.67. The number of urea groups is 1. The number of imide groups is 1. The molecular weight excluding hydrogens is 218 g/mol. The first-order chi connectivity index (χ1) is 8.19. The van der Waals surface area contributed by atoms with Gasteiger partial charge in [-0.25, -0.2) is 10.2 Å². The first-order valence-electron chi connectivity index (χ1n) is 5.30. The Kier molecular flexibility index (Phi) is 3.09. The summed E-state index contributed by atoms with van der Waals surface area (Å²) >= 11 is 0. The molecular formula is C12H13N3O2. The zero-order chi connectivity index (χ0) is 12.3. The molecule has 1 heterocycles. The quantitative estimate of drug-likeness (QED) is 0.806. The highest BCUT2D eigenvalue weighted by molar-refractivity contribution is 6.00. The lowest BCUT2D eigenvalue weighted by atomic mass is 10.2. The molecule has 0 radical (unpaired) electrons. The molecule has 5 nitrogen and oxygen atoms in total. The monoisotopic (exact) mass is 231 g/mol. The number of carbonyl (C=O) groups is 2. The van der Waals surface area contributed by atoms with E-state index < -0.39 is 6.03 Å². The fraction of sp³-hybridized carbons (Fsp3) is 0.167. The van der Waals surface area contributed by atoms with Gasteiger partial charge in [-0.3, -0.25) is 15.1 Å². The average molecular weight is 231 g/mol. The zero-order valence-electron chi connectivity index (χ0n) is 9.43. The number of amides is 3. The van der Waals surface area contributed by atoms with Gasteiger partial charge in [0.25, 0.3) is 0 Å². The second kappa shape index (κ2) is 4.69. The van der Waals surface area contributed by atoms with Crippen molar-refractivity contribution in [3.8, 4) is 0 Å². The van der Waals surface area contributed by atoms with E-state index in [0.29, 0.717) is 0 Å². The molecule has 0 aromatic heterocycles. The van der Waals surface area contributed by atoms with Crippen molar-refractivity contribution in [2.24, 2.45) is 0 Å². The van der Waals surface area contributed by atoms with Crippen LogP contribution in [0.3, 0.4) is 0 Å². The van der Waals surface area contributed by atoms with E-state index in [0.717, 1.165) is 11.3 Å². The second-order valence-corrected chi connectivity index (χ2v) is 3.67. The van der Waals surface area contributed by atoms with Gasteiger partial charge in [0.05, 0.1) is 5.69 Å². The first kappa shape index (κ1) is 11.2.